The number of hydrogen-bond acceptors (Lipinski definition) is 5. The van der Waals surface area contributed by atoms with Crippen LogP contribution in [0.15, 0.2) is 5.03 Å². The summed E-state index contributed by atoms with van der Waals surface area (Å²) < 4.78 is 25.8. The molecule has 0 aliphatic rings. The van der Waals surface area contributed by atoms with Crippen molar-refractivity contribution in [1.82, 2.24) is 9.78 Å². The first kappa shape index (κ1) is 16.9. The Morgan fingerprint density at radius 2 is 1.95 bits per heavy atom. The summed E-state index contributed by atoms with van der Waals surface area (Å²) in [7, 11) is -2.42. The Morgan fingerprint density at radius 1 is 1.40 bits per heavy atom. The lowest BCUT2D eigenvalue weighted by Crippen LogP contribution is -2.19. The fourth-order valence-electron chi connectivity index (χ4n) is 1.92. The minimum Gasteiger partial charge on any atom is -0.258 e. The molecule has 1 rings (SSSR count). The molecule has 0 saturated heterocycles. The molecule has 0 aromatic carbocycles. The predicted molar refractivity (Wildman–Crippen MR) is 75.9 cm³/mol. The lowest BCUT2D eigenvalue weighted by atomic mass is 10.1. The Labute approximate surface area is 123 Å². The first-order valence-corrected chi connectivity index (χ1v) is 8.30. The van der Waals surface area contributed by atoms with Crippen LogP contribution in [-0.4, -0.2) is 34.8 Å². The summed E-state index contributed by atoms with van der Waals surface area (Å²) in [5, 5.41) is 14.9. The van der Waals surface area contributed by atoms with Gasteiger partial charge >= 0.3 is 5.69 Å². The van der Waals surface area contributed by atoms with Gasteiger partial charge in [0.05, 0.1) is 10.7 Å². The first-order chi connectivity index (χ1) is 9.11. The van der Waals surface area contributed by atoms with Crippen molar-refractivity contribution < 1.29 is 13.3 Å². The fraction of sp³-hybridized carbons (Fsp3) is 0.727. The molecule has 1 atom stereocenters. The van der Waals surface area contributed by atoms with Crippen LogP contribution in [0.2, 0.25) is 0 Å². The van der Waals surface area contributed by atoms with E-state index in [1.807, 2.05) is 0 Å². The van der Waals surface area contributed by atoms with Crippen LogP contribution in [0.25, 0.3) is 0 Å². The second-order valence-corrected chi connectivity index (χ2v) is 7.37. The zero-order chi connectivity index (χ0) is 15.7. The highest BCUT2D eigenvalue weighted by Crippen LogP contribution is 2.33. The highest BCUT2D eigenvalue weighted by molar-refractivity contribution is 7.91. The number of rotatable bonds is 6. The molecule has 0 aliphatic heterocycles. The van der Waals surface area contributed by atoms with Gasteiger partial charge in [-0.1, -0.05) is 20.8 Å². The summed E-state index contributed by atoms with van der Waals surface area (Å²) in [5.41, 5.74) is -0.251. The second kappa shape index (κ2) is 6.09. The van der Waals surface area contributed by atoms with Gasteiger partial charge in [0.1, 0.15) is 5.69 Å². The molecule has 0 spiro atoms. The van der Waals surface area contributed by atoms with E-state index in [2.05, 4.69) is 5.10 Å². The number of halogens is 1. The van der Waals surface area contributed by atoms with E-state index in [0.29, 0.717) is 0 Å². The van der Waals surface area contributed by atoms with Crippen molar-refractivity contribution in [2.75, 3.05) is 11.6 Å². The normalized spacial score (nSPS) is 13.7. The molecular formula is C11H18ClN3O4S. The molecule has 114 valence electrons. The molecule has 0 saturated carbocycles. The van der Waals surface area contributed by atoms with Crippen LogP contribution in [0.5, 0.6) is 0 Å². The van der Waals surface area contributed by atoms with Gasteiger partial charge < -0.3 is 0 Å². The molecular weight excluding hydrogens is 306 g/mol. The first-order valence-electron chi connectivity index (χ1n) is 6.11. The minimum absolute atomic E-state index is 0.169. The van der Waals surface area contributed by atoms with Crippen LogP contribution < -0.4 is 0 Å². The van der Waals surface area contributed by atoms with Crippen LogP contribution in [-0.2, 0) is 16.9 Å². The van der Waals surface area contributed by atoms with E-state index in [-0.39, 0.29) is 34.2 Å². The summed E-state index contributed by atoms with van der Waals surface area (Å²) in [5.74, 6) is -0.606. The fourth-order valence-corrected chi connectivity index (χ4v) is 4.10. The third kappa shape index (κ3) is 3.29. The number of aromatic nitrogens is 2. The zero-order valence-electron chi connectivity index (χ0n) is 11.8. The molecule has 7 nitrogen and oxygen atoms in total. The van der Waals surface area contributed by atoms with Gasteiger partial charge in [0.15, 0.2) is 0 Å². The molecule has 0 bridgehead atoms. The van der Waals surface area contributed by atoms with Gasteiger partial charge in [0.2, 0.25) is 14.9 Å². The van der Waals surface area contributed by atoms with Crippen molar-refractivity contribution in [2.24, 2.45) is 13.0 Å². The highest BCUT2D eigenvalue weighted by atomic mass is 35.5. The summed E-state index contributed by atoms with van der Waals surface area (Å²) in [6, 6.07) is 0. The average Bonchev–Trinajstić information content (AvgIpc) is 2.67. The molecule has 1 aromatic heterocycles. The summed E-state index contributed by atoms with van der Waals surface area (Å²) >= 11 is 5.62. The second-order valence-electron chi connectivity index (χ2n) is 5.12. The maximum atomic E-state index is 12.4. The van der Waals surface area contributed by atoms with E-state index in [0.717, 1.165) is 4.68 Å². The molecule has 0 fully saturated rings. The van der Waals surface area contributed by atoms with Gasteiger partial charge in [0.25, 0.3) is 0 Å². The van der Waals surface area contributed by atoms with Gasteiger partial charge in [-0.3, -0.25) is 14.8 Å². The van der Waals surface area contributed by atoms with E-state index in [4.69, 9.17) is 11.6 Å². The van der Waals surface area contributed by atoms with Crippen molar-refractivity contribution in [1.29, 1.82) is 0 Å². The molecule has 0 amide bonds. The standard InChI is InChI=1S/C11H18ClN3O4S/c1-7(2)9-10(15(16)17)11(14(4)13-9)20(18,19)6-8(3)5-12/h7-8H,5-6H2,1-4H3. The van der Waals surface area contributed by atoms with Gasteiger partial charge in [-0.05, 0) is 5.92 Å². The van der Waals surface area contributed by atoms with E-state index in [1.165, 1.54) is 7.05 Å². The summed E-state index contributed by atoms with van der Waals surface area (Å²) in [6.45, 7) is 5.14. The maximum absolute atomic E-state index is 12.4. The van der Waals surface area contributed by atoms with Crippen LogP contribution in [0.4, 0.5) is 5.69 Å². The highest BCUT2D eigenvalue weighted by Gasteiger charge is 2.36. The SMILES string of the molecule is CC(CCl)CS(=O)(=O)c1c([N+](=O)[O-])c(C(C)C)nn1C. The number of sulfone groups is 1. The van der Waals surface area contributed by atoms with E-state index in [9.17, 15) is 18.5 Å². The average molecular weight is 324 g/mol. The third-order valence-corrected chi connectivity index (χ3v) is 5.37. The third-order valence-electron chi connectivity index (χ3n) is 2.79. The van der Waals surface area contributed by atoms with Crippen molar-refractivity contribution in [3.8, 4) is 0 Å². The number of aryl methyl sites for hydroxylation is 1. The van der Waals surface area contributed by atoms with Gasteiger partial charge in [-0.15, -0.1) is 11.6 Å². The molecule has 0 radical (unpaired) electrons. The lowest BCUT2D eigenvalue weighted by molar-refractivity contribution is -0.388. The molecule has 1 unspecified atom stereocenters. The molecule has 20 heavy (non-hydrogen) atoms. The Bertz CT molecular complexity index is 609. The zero-order valence-corrected chi connectivity index (χ0v) is 13.4. The molecule has 1 aromatic rings. The van der Waals surface area contributed by atoms with Crippen molar-refractivity contribution in [2.45, 2.75) is 31.7 Å². The van der Waals surface area contributed by atoms with Crippen LogP contribution in [0.1, 0.15) is 32.4 Å². The monoisotopic (exact) mass is 323 g/mol. The molecule has 9 heteroatoms. The number of alkyl halides is 1. The topological polar surface area (TPSA) is 95.1 Å². The van der Waals surface area contributed by atoms with E-state index < -0.39 is 20.4 Å². The van der Waals surface area contributed by atoms with Gasteiger partial charge in [-0.25, -0.2) is 8.42 Å². The molecule has 1 heterocycles. The van der Waals surface area contributed by atoms with Gasteiger partial charge in [0, 0.05) is 18.8 Å². The van der Waals surface area contributed by atoms with Crippen molar-refractivity contribution in [3.05, 3.63) is 15.8 Å². The Kier molecular flexibility index (Phi) is 5.15. The van der Waals surface area contributed by atoms with Crippen LogP contribution in [0.3, 0.4) is 0 Å². The predicted octanol–water partition coefficient (Wildman–Crippen LogP) is 2.10. The van der Waals surface area contributed by atoms with E-state index >= 15 is 0 Å². The number of nitro groups is 1. The quantitative estimate of drug-likeness (QED) is 0.454. The van der Waals surface area contributed by atoms with Crippen molar-refractivity contribution in [3.63, 3.8) is 0 Å². The summed E-state index contributed by atoms with van der Waals surface area (Å²) in [6.07, 6.45) is 0. The lowest BCUT2D eigenvalue weighted by Gasteiger charge is -2.08. The maximum Gasteiger partial charge on any atom is 0.329 e. The Morgan fingerprint density at radius 3 is 2.35 bits per heavy atom. The summed E-state index contributed by atoms with van der Waals surface area (Å²) in [4.78, 5) is 10.5. The largest absolute Gasteiger partial charge is 0.329 e. The van der Waals surface area contributed by atoms with Crippen LogP contribution in [0, 0.1) is 16.0 Å². The molecule has 0 N–H and O–H groups in total. The Balaban J connectivity index is 3.48. The van der Waals surface area contributed by atoms with E-state index in [1.54, 1.807) is 20.8 Å². The van der Waals surface area contributed by atoms with Gasteiger partial charge in [-0.2, -0.15) is 5.10 Å². The Hall–Kier alpha value is -1.15. The smallest absolute Gasteiger partial charge is 0.258 e. The van der Waals surface area contributed by atoms with Crippen LogP contribution >= 0.6 is 11.6 Å². The molecule has 0 aliphatic carbocycles. The minimum atomic E-state index is -3.82. The number of nitrogens with zero attached hydrogens (tertiary/aromatic N) is 3. The number of hydrogen-bond donors (Lipinski definition) is 0. The van der Waals surface area contributed by atoms with Crippen molar-refractivity contribution >= 4 is 27.1 Å².